The number of rotatable bonds is 4. The van der Waals surface area contributed by atoms with Gasteiger partial charge in [0, 0.05) is 24.7 Å². The van der Waals surface area contributed by atoms with Crippen LogP contribution in [0.5, 0.6) is 5.75 Å². The first kappa shape index (κ1) is 23.1. The number of aliphatic imine (C=N–C) groups is 2. The second-order valence-corrected chi connectivity index (χ2v) is 10.5. The predicted molar refractivity (Wildman–Crippen MR) is 136 cm³/mol. The molecule has 5 rings (SSSR count). The van der Waals surface area contributed by atoms with Crippen LogP contribution in [0, 0.1) is 5.92 Å². The van der Waals surface area contributed by atoms with Crippen molar-refractivity contribution in [2.45, 2.75) is 62.7 Å². The number of likely N-dealkylation sites (tertiary alicyclic amines) is 1. The van der Waals surface area contributed by atoms with Crippen LogP contribution in [-0.2, 0) is 9.59 Å². The second kappa shape index (κ2) is 10.3. The van der Waals surface area contributed by atoms with E-state index in [1.165, 1.54) is 37.4 Å². The zero-order valence-electron chi connectivity index (χ0n) is 19.7. The number of piperidine rings is 1. The Morgan fingerprint density at radius 1 is 1.12 bits per heavy atom. The Bertz CT molecular complexity index is 1040. The maximum Gasteiger partial charge on any atom is 0.268 e. The third kappa shape index (κ3) is 4.92. The summed E-state index contributed by atoms with van der Waals surface area (Å²) in [7, 11) is 1.64. The molecule has 0 bridgehead atoms. The third-order valence-corrected chi connectivity index (χ3v) is 8.23. The van der Waals surface area contributed by atoms with Gasteiger partial charge in [-0.05, 0) is 48.8 Å². The van der Waals surface area contributed by atoms with Crippen LogP contribution in [0.15, 0.2) is 39.7 Å². The topological polar surface area (TPSA) is 83.4 Å². The maximum absolute atomic E-state index is 13.0. The van der Waals surface area contributed by atoms with Gasteiger partial charge in [-0.25, -0.2) is 4.99 Å². The lowest BCUT2D eigenvalue weighted by atomic mass is 9.96. The predicted octanol–water partition coefficient (Wildman–Crippen LogP) is 4.04. The molecule has 7 nitrogen and oxygen atoms in total. The van der Waals surface area contributed by atoms with E-state index >= 15 is 0 Å². The first-order chi connectivity index (χ1) is 16.6. The van der Waals surface area contributed by atoms with Crippen LogP contribution in [0.4, 0.5) is 0 Å². The van der Waals surface area contributed by atoms with Crippen molar-refractivity contribution in [1.82, 2.24) is 10.2 Å². The molecule has 34 heavy (non-hydrogen) atoms. The van der Waals surface area contributed by atoms with Gasteiger partial charge in [0.05, 0.1) is 18.7 Å². The number of fused-ring (bicyclic) bond motifs is 1. The molecule has 2 fully saturated rings. The number of allylic oxidation sites excluding steroid dienone is 1. The summed E-state index contributed by atoms with van der Waals surface area (Å²) in [4.78, 5) is 37.2. The lowest BCUT2D eigenvalue weighted by Gasteiger charge is -2.34. The molecule has 0 aromatic heterocycles. The van der Waals surface area contributed by atoms with Crippen molar-refractivity contribution in [2.75, 3.05) is 20.2 Å². The summed E-state index contributed by atoms with van der Waals surface area (Å²) in [5, 5.41) is 4.90. The molecule has 2 atom stereocenters. The number of nitrogens with one attached hydrogen (secondary N) is 1. The van der Waals surface area contributed by atoms with E-state index in [1.807, 2.05) is 34.6 Å². The molecule has 0 radical (unpaired) electrons. The van der Waals surface area contributed by atoms with Crippen molar-refractivity contribution in [3.63, 3.8) is 0 Å². The SMILES string of the molecule is COc1cccc(C2=CSC3C(=O)N=C(N4CCCC(C(=O)NC5CCCCCC5)C4)N=C23)c1. The van der Waals surface area contributed by atoms with Gasteiger partial charge in [0.2, 0.25) is 11.9 Å². The zero-order chi connectivity index (χ0) is 23.5. The Balaban J connectivity index is 1.30. The van der Waals surface area contributed by atoms with Gasteiger partial charge in [-0.1, -0.05) is 37.8 Å². The van der Waals surface area contributed by atoms with E-state index in [2.05, 4.69) is 10.3 Å². The minimum atomic E-state index is -0.399. The normalized spacial score (nSPS) is 25.6. The van der Waals surface area contributed by atoms with Crippen LogP contribution in [0.2, 0.25) is 0 Å². The highest BCUT2D eigenvalue weighted by molar-refractivity contribution is 8.05. The van der Waals surface area contributed by atoms with Gasteiger partial charge < -0.3 is 15.0 Å². The lowest BCUT2D eigenvalue weighted by molar-refractivity contribution is -0.127. The van der Waals surface area contributed by atoms with Gasteiger partial charge in [0.1, 0.15) is 11.0 Å². The van der Waals surface area contributed by atoms with Crippen molar-refractivity contribution < 1.29 is 14.3 Å². The van der Waals surface area contributed by atoms with Crippen molar-refractivity contribution in [2.24, 2.45) is 15.9 Å². The highest BCUT2D eigenvalue weighted by Crippen LogP contribution is 2.38. The van der Waals surface area contributed by atoms with E-state index in [1.54, 1.807) is 7.11 Å². The summed E-state index contributed by atoms with van der Waals surface area (Å²) in [5.41, 5.74) is 2.66. The summed E-state index contributed by atoms with van der Waals surface area (Å²) < 4.78 is 5.37. The molecule has 1 saturated carbocycles. The van der Waals surface area contributed by atoms with Crippen molar-refractivity contribution in [3.05, 3.63) is 35.2 Å². The number of amides is 2. The molecule has 1 aliphatic carbocycles. The number of hydrogen-bond acceptors (Lipinski definition) is 6. The maximum atomic E-state index is 13.0. The van der Waals surface area contributed by atoms with Crippen LogP contribution in [0.1, 0.15) is 56.9 Å². The first-order valence-corrected chi connectivity index (χ1v) is 13.3. The molecule has 1 N–H and O–H groups in total. The quantitative estimate of drug-likeness (QED) is 0.658. The number of nitrogens with zero attached hydrogens (tertiary/aromatic N) is 3. The number of methoxy groups -OCH3 is 1. The monoisotopic (exact) mass is 480 g/mol. The Kier molecular flexibility index (Phi) is 7.04. The molecule has 0 spiro atoms. The van der Waals surface area contributed by atoms with Crippen LogP contribution < -0.4 is 10.1 Å². The first-order valence-electron chi connectivity index (χ1n) is 12.4. The van der Waals surface area contributed by atoms with Crippen LogP contribution in [0.25, 0.3) is 5.57 Å². The molecule has 180 valence electrons. The molecule has 8 heteroatoms. The van der Waals surface area contributed by atoms with Crippen molar-refractivity contribution in [3.8, 4) is 5.75 Å². The number of carbonyl (C=O) groups is 2. The van der Waals surface area contributed by atoms with Gasteiger partial charge in [-0.2, -0.15) is 4.99 Å². The van der Waals surface area contributed by atoms with Crippen LogP contribution in [0.3, 0.4) is 0 Å². The van der Waals surface area contributed by atoms with E-state index < -0.39 is 5.25 Å². The average molecular weight is 481 g/mol. The van der Waals surface area contributed by atoms with E-state index in [0.717, 1.165) is 54.8 Å². The molecule has 1 aromatic carbocycles. The fourth-order valence-electron chi connectivity index (χ4n) is 5.25. The van der Waals surface area contributed by atoms with Gasteiger partial charge in [-0.3, -0.25) is 9.59 Å². The summed E-state index contributed by atoms with van der Waals surface area (Å²) in [5.74, 6) is 1.07. The number of thioether (sulfide) groups is 1. The largest absolute Gasteiger partial charge is 0.497 e. The molecular formula is C26H32N4O3S. The van der Waals surface area contributed by atoms with Gasteiger partial charge in [0.25, 0.3) is 5.91 Å². The molecule has 3 aliphatic heterocycles. The number of benzene rings is 1. The summed E-state index contributed by atoms with van der Waals surface area (Å²) in [6.07, 6.45) is 8.83. The lowest BCUT2D eigenvalue weighted by Crippen LogP contribution is -2.48. The molecule has 2 unspecified atom stereocenters. The second-order valence-electron chi connectivity index (χ2n) is 9.51. The van der Waals surface area contributed by atoms with E-state index in [9.17, 15) is 9.59 Å². The molecule has 2 amide bonds. The Labute approximate surface area is 205 Å². The minimum absolute atomic E-state index is 0.0981. The average Bonchev–Trinajstić information content (AvgIpc) is 3.14. The third-order valence-electron chi connectivity index (χ3n) is 7.16. The Hall–Kier alpha value is -2.61. The highest BCUT2D eigenvalue weighted by Gasteiger charge is 2.38. The number of ether oxygens (including phenoxy) is 1. The van der Waals surface area contributed by atoms with Crippen molar-refractivity contribution >= 4 is 40.8 Å². The standard InChI is InChI=1S/C26H32N4O3S/c1-33-20-12-6-8-17(14-20)21-16-34-23-22(21)28-26(29-25(23)32)30-13-7-9-18(15-30)24(31)27-19-10-4-2-3-5-11-19/h6,8,12,14,16,18-19,23H,2-5,7,9-11,13,15H2,1H3,(H,27,31). The number of guanidine groups is 1. The van der Waals surface area contributed by atoms with Gasteiger partial charge >= 0.3 is 0 Å². The summed E-state index contributed by atoms with van der Waals surface area (Å²) in [6.45, 7) is 1.31. The van der Waals surface area contributed by atoms with E-state index in [4.69, 9.17) is 9.73 Å². The van der Waals surface area contributed by atoms with Gasteiger partial charge in [0.15, 0.2) is 0 Å². The van der Waals surface area contributed by atoms with E-state index in [0.29, 0.717) is 18.5 Å². The smallest absolute Gasteiger partial charge is 0.268 e. The number of hydrogen-bond donors (Lipinski definition) is 1. The summed E-state index contributed by atoms with van der Waals surface area (Å²) in [6, 6.07) is 8.10. The van der Waals surface area contributed by atoms with E-state index in [-0.39, 0.29) is 17.7 Å². The zero-order valence-corrected chi connectivity index (χ0v) is 20.5. The molecule has 3 heterocycles. The molecular weight excluding hydrogens is 448 g/mol. The fourth-order valence-corrected chi connectivity index (χ4v) is 6.26. The Morgan fingerprint density at radius 3 is 2.74 bits per heavy atom. The van der Waals surface area contributed by atoms with Crippen LogP contribution in [-0.4, -0.2) is 59.9 Å². The minimum Gasteiger partial charge on any atom is -0.497 e. The van der Waals surface area contributed by atoms with Crippen molar-refractivity contribution in [1.29, 1.82) is 0 Å². The summed E-state index contributed by atoms with van der Waals surface area (Å²) >= 11 is 1.45. The van der Waals surface area contributed by atoms with Gasteiger partial charge in [-0.15, -0.1) is 11.8 Å². The fraction of sp³-hybridized carbons (Fsp3) is 0.538. The molecule has 4 aliphatic rings. The number of carbonyl (C=O) groups excluding carboxylic acids is 2. The highest BCUT2D eigenvalue weighted by atomic mass is 32.2. The molecule has 1 aromatic rings. The molecule has 1 saturated heterocycles. The Morgan fingerprint density at radius 2 is 1.94 bits per heavy atom. The van der Waals surface area contributed by atoms with Crippen LogP contribution >= 0.6 is 11.8 Å².